The third-order valence-electron chi connectivity index (χ3n) is 0.161. The lowest BCUT2D eigenvalue weighted by atomic mass is 11.2. The van der Waals surface area contributed by atoms with Crippen LogP contribution in [0.25, 0.3) is 0 Å². The molecule has 5 heteroatoms. The highest BCUT2D eigenvalue weighted by Gasteiger charge is 1.73. The summed E-state index contributed by atoms with van der Waals surface area (Å²) in [7, 11) is 0. The van der Waals surface area contributed by atoms with E-state index in [1.807, 2.05) is 0 Å². The lowest BCUT2D eigenvalue weighted by Crippen LogP contribution is -2.64. The highest BCUT2D eigenvalue weighted by Crippen LogP contribution is 1.35. The average Bonchev–Trinajstić information content (AvgIpc) is 1.38. The zero-order chi connectivity index (χ0) is 4.28. The lowest BCUT2D eigenvalue weighted by Gasteiger charge is -1.80. The van der Waals surface area contributed by atoms with Gasteiger partial charge in [0.15, 0.2) is 0 Å². The second-order valence-electron chi connectivity index (χ2n) is 0.568. The minimum atomic E-state index is 0. The Morgan fingerprint density at radius 3 is 2.00 bits per heavy atom. The first-order valence-electron chi connectivity index (χ1n) is 1.10. The Labute approximate surface area is 40.8 Å². The quantitative estimate of drug-likeness (QED) is 0.187. The topological polar surface area (TPSA) is 95.7 Å². The number of hydrogen-bond acceptors (Lipinski definition) is 3. The van der Waals surface area contributed by atoms with Crippen molar-refractivity contribution < 1.29 is 11.2 Å². The SMILES string of the molecule is NNC([NH3+])=S.[OH-]. The summed E-state index contributed by atoms with van der Waals surface area (Å²) in [6, 6.07) is 0. The summed E-state index contributed by atoms with van der Waals surface area (Å²) in [6.07, 6.45) is 0. The molecule has 0 amide bonds. The summed E-state index contributed by atoms with van der Waals surface area (Å²) < 4.78 is 0. The van der Waals surface area contributed by atoms with Crippen molar-refractivity contribution in [3.63, 3.8) is 0 Å². The molecule has 0 heterocycles. The third kappa shape index (κ3) is 9.23. The number of rotatable bonds is 0. The normalized spacial score (nSPS) is 5.67. The Kier molecular flexibility index (Phi) is 7.34. The first-order chi connectivity index (χ1) is 2.27. The molecule has 0 unspecified atom stereocenters. The van der Waals surface area contributed by atoms with Gasteiger partial charge in [0.1, 0.15) is 0 Å². The zero-order valence-corrected chi connectivity index (χ0v) is 3.96. The highest BCUT2D eigenvalue weighted by molar-refractivity contribution is 7.79. The van der Waals surface area contributed by atoms with Gasteiger partial charge < -0.3 is 5.48 Å². The van der Waals surface area contributed by atoms with Gasteiger partial charge in [-0.2, -0.15) is 0 Å². The van der Waals surface area contributed by atoms with Gasteiger partial charge in [-0.3, -0.25) is 11.2 Å². The second-order valence-corrected chi connectivity index (χ2v) is 1.06. The molecule has 0 aromatic heterocycles. The first-order valence-corrected chi connectivity index (χ1v) is 1.50. The van der Waals surface area contributed by atoms with Crippen LogP contribution in [0.3, 0.4) is 0 Å². The van der Waals surface area contributed by atoms with Crippen LogP contribution in [0.2, 0.25) is 0 Å². The summed E-state index contributed by atoms with van der Waals surface area (Å²) in [6.45, 7) is 0. The molecule has 0 aromatic carbocycles. The molecule has 6 heavy (non-hydrogen) atoms. The fraction of sp³-hybridized carbons (Fsp3) is 0. The maximum Gasteiger partial charge on any atom is 0.279 e. The van der Waals surface area contributed by atoms with Crippen LogP contribution in [-0.2, 0) is 0 Å². The smallest absolute Gasteiger partial charge is 0.279 e. The van der Waals surface area contributed by atoms with Crippen molar-refractivity contribution in [2.24, 2.45) is 5.84 Å². The number of nitrogens with two attached hydrogens (primary N) is 1. The number of quaternary nitrogens is 1. The fourth-order valence-corrected chi connectivity index (χ4v) is 0. The van der Waals surface area contributed by atoms with E-state index in [9.17, 15) is 0 Å². The van der Waals surface area contributed by atoms with E-state index in [0.717, 1.165) is 0 Å². The molecule has 0 spiro atoms. The number of hydrazine groups is 1. The van der Waals surface area contributed by atoms with Gasteiger partial charge in [-0.15, -0.1) is 0 Å². The summed E-state index contributed by atoms with van der Waals surface area (Å²) in [5.74, 6) is 4.72. The Balaban J connectivity index is 0. The minimum absolute atomic E-state index is 0. The van der Waals surface area contributed by atoms with Crippen LogP contribution in [0.15, 0.2) is 0 Å². The summed E-state index contributed by atoms with van der Waals surface area (Å²) in [5, 5.41) is 0.366. The number of nitrogens with one attached hydrogen (secondary N) is 1. The standard InChI is InChI=1S/CH5N3S.H2O/c2-1(5)4-3;/h3H2,(H3,2,4,5);1H2. The lowest BCUT2D eigenvalue weighted by molar-refractivity contribution is -0.215. The highest BCUT2D eigenvalue weighted by atomic mass is 32.1. The molecule has 0 saturated heterocycles. The summed E-state index contributed by atoms with van der Waals surface area (Å²) in [4.78, 5) is 0. The molecule has 38 valence electrons. The van der Waals surface area contributed by atoms with Crippen LogP contribution in [-0.4, -0.2) is 10.6 Å². The molecule has 0 aliphatic heterocycles. The van der Waals surface area contributed by atoms with Crippen LogP contribution in [0.4, 0.5) is 0 Å². The fourth-order valence-electron chi connectivity index (χ4n) is 0. The van der Waals surface area contributed by atoms with Gasteiger partial charge in [-0.05, 0) is 0 Å². The molecule has 0 bridgehead atoms. The van der Waals surface area contributed by atoms with Gasteiger partial charge in [0.05, 0.1) is 0 Å². The van der Waals surface area contributed by atoms with Crippen molar-refractivity contribution in [2.45, 2.75) is 0 Å². The van der Waals surface area contributed by atoms with Crippen LogP contribution in [0.5, 0.6) is 0 Å². The van der Waals surface area contributed by atoms with Gasteiger partial charge in [0.25, 0.3) is 5.11 Å². The van der Waals surface area contributed by atoms with Crippen molar-refractivity contribution in [3.8, 4) is 0 Å². The average molecular weight is 109 g/mol. The molecule has 0 radical (unpaired) electrons. The Bertz CT molecular complexity index is 46.1. The molecule has 0 saturated carbocycles. The molecule has 0 aromatic rings. The maximum atomic E-state index is 4.72. The van der Waals surface area contributed by atoms with Gasteiger partial charge in [-0.25, -0.2) is 5.84 Å². The van der Waals surface area contributed by atoms with E-state index in [1.165, 1.54) is 0 Å². The van der Waals surface area contributed by atoms with E-state index in [4.69, 9.17) is 5.84 Å². The maximum absolute atomic E-state index is 4.72. The van der Waals surface area contributed by atoms with Crippen LogP contribution < -0.4 is 17.0 Å². The van der Waals surface area contributed by atoms with E-state index in [1.54, 1.807) is 0 Å². The number of thiocarbonyl (C=S) groups is 1. The van der Waals surface area contributed by atoms with Crippen molar-refractivity contribution in [3.05, 3.63) is 0 Å². The predicted molar refractivity (Wildman–Crippen MR) is 24.7 cm³/mol. The van der Waals surface area contributed by atoms with E-state index < -0.39 is 0 Å². The van der Waals surface area contributed by atoms with Crippen LogP contribution in [0, 0.1) is 0 Å². The molecular formula is CH7N3OS. The molecular weight excluding hydrogens is 102 g/mol. The van der Waals surface area contributed by atoms with E-state index in [2.05, 4.69) is 23.4 Å². The molecule has 0 aliphatic rings. The van der Waals surface area contributed by atoms with Crippen molar-refractivity contribution in [1.29, 1.82) is 0 Å². The van der Waals surface area contributed by atoms with E-state index in [0.29, 0.717) is 5.11 Å². The molecule has 7 N–H and O–H groups in total. The molecule has 0 atom stereocenters. The van der Waals surface area contributed by atoms with Gasteiger partial charge in [0, 0.05) is 12.2 Å². The molecule has 4 nitrogen and oxygen atoms in total. The van der Waals surface area contributed by atoms with Gasteiger partial charge in [0.2, 0.25) is 0 Å². The second kappa shape index (κ2) is 4.77. The van der Waals surface area contributed by atoms with Gasteiger partial charge in [-0.1, -0.05) is 0 Å². The summed E-state index contributed by atoms with van der Waals surface area (Å²) >= 11 is 4.35. The van der Waals surface area contributed by atoms with E-state index >= 15 is 0 Å². The zero-order valence-electron chi connectivity index (χ0n) is 3.14. The Morgan fingerprint density at radius 1 is 1.83 bits per heavy atom. The number of hydrogen-bond donors (Lipinski definition) is 3. The summed E-state index contributed by atoms with van der Waals surface area (Å²) in [5.41, 5.74) is 5.40. The van der Waals surface area contributed by atoms with Gasteiger partial charge >= 0.3 is 0 Å². The Hall–Kier alpha value is -0.230. The van der Waals surface area contributed by atoms with Crippen molar-refractivity contribution >= 4 is 17.3 Å². The third-order valence-corrected chi connectivity index (χ3v) is 0.279. The molecule has 0 fully saturated rings. The van der Waals surface area contributed by atoms with Crippen molar-refractivity contribution in [2.75, 3.05) is 0 Å². The molecule has 0 aliphatic carbocycles. The van der Waals surface area contributed by atoms with Crippen LogP contribution >= 0.6 is 12.2 Å². The van der Waals surface area contributed by atoms with E-state index in [-0.39, 0.29) is 5.48 Å². The van der Waals surface area contributed by atoms with Crippen molar-refractivity contribution in [1.82, 2.24) is 5.43 Å². The predicted octanol–water partition coefficient (Wildman–Crippen LogP) is -2.20. The monoisotopic (exact) mass is 109 g/mol. The van der Waals surface area contributed by atoms with Crippen LogP contribution in [0.1, 0.15) is 0 Å². The minimum Gasteiger partial charge on any atom is -0.870 e. The largest absolute Gasteiger partial charge is 0.870 e. The first kappa shape index (κ1) is 9.24. The molecule has 0 rings (SSSR count). The Morgan fingerprint density at radius 2 is 2.00 bits per heavy atom.